The van der Waals surface area contributed by atoms with E-state index < -0.39 is 23.6 Å². The Kier molecular flexibility index (Phi) is 3.79. The van der Waals surface area contributed by atoms with Gasteiger partial charge in [0.2, 0.25) is 0 Å². The van der Waals surface area contributed by atoms with Gasteiger partial charge >= 0.3 is 0 Å². The number of carbonyl (C=O) groups is 4. The van der Waals surface area contributed by atoms with E-state index in [0.717, 1.165) is 9.80 Å². The molecule has 158 valence electrons. The number of nitrogens with zero attached hydrogens (tertiary/aromatic N) is 2. The fraction of sp³-hybridized carbons (Fsp3) is 0. The second-order valence-electron chi connectivity index (χ2n) is 7.81. The summed E-state index contributed by atoms with van der Waals surface area (Å²) in [6.07, 6.45) is 0. The smallest absolute Gasteiger partial charge is 0.265 e. The van der Waals surface area contributed by atoms with Crippen molar-refractivity contribution in [3.63, 3.8) is 0 Å². The molecule has 7 nitrogen and oxygen atoms in total. The van der Waals surface area contributed by atoms with Crippen LogP contribution in [0.1, 0.15) is 41.4 Å². The van der Waals surface area contributed by atoms with Crippen molar-refractivity contribution in [2.75, 3.05) is 9.80 Å². The van der Waals surface area contributed by atoms with Gasteiger partial charge in [0.15, 0.2) is 0 Å². The molecule has 0 aliphatic carbocycles. The Hall–Kier alpha value is -4.78. The van der Waals surface area contributed by atoms with Crippen molar-refractivity contribution < 1.29 is 24.3 Å². The average molecular weight is 434 g/mol. The van der Waals surface area contributed by atoms with Gasteiger partial charge in [0.25, 0.3) is 23.6 Å². The summed E-state index contributed by atoms with van der Waals surface area (Å²) >= 11 is 0. The van der Waals surface area contributed by atoms with E-state index in [1.54, 1.807) is 30.3 Å². The summed E-state index contributed by atoms with van der Waals surface area (Å²) in [4.78, 5) is 55.5. The Morgan fingerprint density at radius 3 is 1.21 bits per heavy atom. The summed E-state index contributed by atoms with van der Waals surface area (Å²) in [7, 11) is 0. The van der Waals surface area contributed by atoms with Crippen LogP contribution in [0.4, 0.5) is 11.4 Å². The summed E-state index contributed by atoms with van der Waals surface area (Å²) < 4.78 is 0. The van der Waals surface area contributed by atoms with E-state index in [1.807, 2.05) is 0 Å². The number of imide groups is 2. The number of amides is 4. The fourth-order valence-corrected chi connectivity index (χ4v) is 4.52. The first-order valence-corrected chi connectivity index (χ1v) is 10.2. The van der Waals surface area contributed by atoms with E-state index in [1.165, 1.54) is 48.5 Å². The lowest BCUT2D eigenvalue weighted by Crippen LogP contribution is -2.43. The third-order valence-corrected chi connectivity index (χ3v) is 6.02. The number of carbonyl (C=O) groups excluding carboxylic acids is 4. The molecule has 33 heavy (non-hydrogen) atoms. The third kappa shape index (κ3) is 2.50. The molecule has 4 amide bonds. The van der Waals surface area contributed by atoms with E-state index in [4.69, 9.17) is 0 Å². The summed E-state index contributed by atoms with van der Waals surface area (Å²) in [6.45, 7) is 0. The standard InChI is InChI=1S/C26H14N2O5/c29-16-8-6-15(7-9-16)28-25(32)19-12-10-17-21-18(11-13-20(22(19)21)26(28)33)24(31)27(23(17)30)14-4-2-1-3-5-14/h1-13,29H. The van der Waals surface area contributed by atoms with Gasteiger partial charge in [-0.2, -0.15) is 0 Å². The monoisotopic (exact) mass is 434 g/mol. The SMILES string of the molecule is O=C1c2ccc3c4c(ccc(c24)C(=O)N1c1ccccc1)C(=O)N(c1ccc(O)cc1)C3=O. The molecule has 0 fully saturated rings. The maximum absolute atomic E-state index is 13.3. The van der Waals surface area contributed by atoms with E-state index in [0.29, 0.717) is 22.1 Å². The van der Waals surface area contributed by atoms with Crippen molar-refractivity contribution >= 4 is 45.8 Å². The minimum atomic E-state index is -0.563. The summed E-state index contributed by atoms with van der Waals surface area (Å²) in [6, 6.07) is 20.4. The van der Waals surface area contributed by atoms with Crippen molar-refractivity contribution in [2.45, 2.75) is 0 Å². The second-order valence-corrected chi connectivity index (χ2v) is 7.81. The van der Waals surface area contributed by atoms with Crippen molar-refractivity contribution in [2.24, 2.45) is 0 Å². The number of benzene rings is 4. The Morgan fingerprint density at radius 1 is 0.455 bits per heavy atom. The lowest BCUT2D eigenvalue weighted by atomic mass is 9.85. The van der Waals surface area contributed by atoms with Crippen molar-refractivity contribution in [1.82, 2.24) is 0 Å². The molecule has 0 atom stereocenters. The van der Waals surface area contributed by atoms with Crippen molar-refractivity contribution in [1.29, 1.82) is 0 Å². The lowest BCUT2D eigenvalue weighted by Gasteiger charge is -2.31. The number of anilines is 2. The van der Waals surface area contributed by atoms with Crippen LogP contribution in [0, 0.1) is 0 Å². The third-order valence-electron chi connectivity index (χ3n) is 6.02. The molecule has 1 N–H and O–H groups in total. The maximum atomic E-state index is 13.3. The quantitative estimate of drug-likeness (QED) is 0.479. The van der Waals surface area contributed by atoms with Gasteiger partial charge < -0.3 is 5.11 Å². The lowest BCUT2D eigenvalue weighted by molar-refractivity contribution is 0.0873. The Morgan fingerprint density at radius 2 is 0.818 bits per heavy atom. The van der Waals surface area contributed by atoms with E-state index >= 15 is 0 Å². The van der Waals surface area contributed by atoms with Gasteiger partial charge in [0, 0.05) is 33.0 Å². The van der Waals surface area contributed by atoms with Crippen LogP contribution in [0.15, 0.2) is 78.9 Å². The number of hydrogen-bond acceptors (Lipinski definition) is 5. The number of aromatic hydroxyl groups is 1. The largest absolute Gasteiger partial charge is 0.508 e. The summed E-state index contributed by atoms with van der Waals surface area (Å²) in [5.74, 6) is -2.14. The average Bonchev–Trinajstić information content (AvgIpc) is 2.83. The zero-order valence-electron chi connectivity index (χ0n) is 17.0. The van der Waals surface area contributed by atoms with Gasteiger partial charge in [-0.25, -0.2) is 9.80 Å². The number of phenolic OH excluding ortho intramolecular Hbond substituents is 1. The Balaban J connectivity index is 1.57. The molecule has 4 aromatic rings. The molecule has 0 spiro atoms. The molecule has 2 heterocycles. The summed E-state index contributed by atoms with van der Waals surface area (Å²) in [5.41, 5.74) is 1.72. The van der Waals surface area contributed by atoms with Gasteiger partial charge in [0.05, 0.1) is 11.4 Å². The highest BCUT2D eigenvalue weighted by molar-refractivity contribution is 6.42. The molecule has 0 aromatic heterocycles. The molecule has 0 saturated carbocycles. The van der Waals surface area contributed by atoms with Crippen LogP contribution in [0.25, 0.3) is 10.8 Å². The molecular weight excluding hydrogens is 420 g/mol. The second kappa shape index (κ2) is 6.61. The van der Waals surface area contributed by atoms with Crippen LogP contribution in [-0.2, 0) is 0 Å². The zero-order chi connectivity index (χ0) is 22.9. The highest BCUT2D eigenvalue weighted by Gasteiger charge is 2.40. The fourth-order valence-electron chi connectivity index (χ4n) is 4.52. The molecule has 2 aliphatic heterocycles. The molecule has 0 radical (unpaired) electrons. The van der Waals surface area contributed by atoms with Gasteiger partial charge in [-0.05, 0) is 60.7 Å². The zero-order valence-corrected chi connectivity index (χ0v) is 17.0. The minimum absolute atomic E-state index is 0.00887. The molecular formula is C26H14N2O5. The molecule has 0 unspecified atom stereocenters. The number of phenols is 1. The highest BCUT2D eigenvalue weighted by atomic mass is 16.3. The molecule has 7 heteroatoms. The van der Waals surface area contributed by atoms with E-state index in [2.05, 4.69) is 0 Å². The minimum Gasteiger partial charge on any atom is -0.508 e. The molecule has 0 bridgehead atoms. The van der Waals surface area contributed by atoms with E-state index in [-0.39, 0.29) is 28.0 Å². The topological polar surface area (TPSA) is 95.0 Å². The van der Waals surface area contributed by atoms with Gasteiger partial charge in [-0.1, -0.05) is 18.2 Å². The first-order chi connectivity index (χ1) is 16.0. The van der Waals surface area contributed by atoms with Crippen LogP contribution in [0.3, 0.4) is 0 Å². The summed E-state index contributed by atoms with van der Waals surface area (Å²) in [5, 5.41) is 10.2. The molecule has 4 aromatic carbocycles. The number of para-hydroxylation sites is 1. The van der Waals surface area contributed by atoms with Crippen molar-refractivity contribution in [3.05, 3.63) is 101 Å². The molecule has 2 aliphatic rings. The van der Waals surface area contributed by atoms with Gasteiger partial charge in [0.1, 0.15) is 5.75 Å². The number of rotatable bonds is 2. The Bertz CT molecular complexity index is 1470. The first-order valence-electron chi connectivity index (χ1n) is 10.2. The highest BCUT2D eigenvalue weighted by Crippen LogP contribution is 2.40. The van der Waals surface area contributed by atoms with Crippen LogP contribution in [0.5, 0.6) is 5.75 Å². The van der Waals surface area contributed by atoms with Crippen LogP contribution < -0.4 is 9.80 Å². The first kappa shape index (κ1) is 18.9. The maximum Gasteiger partial charge on any atom is 0.265 e. The molecule has 6 rings (SSSR count). The normalized spacial score (nSPS) is 14.9. The predicted octanol–water partition coefficient (Wildman–Crippen LogP) is 4.15. The van der Waals surface area contributed by atoms with E-state index in [9.17, 15) is 24.3 Å². The molecule has 0 saturated heterocycles. The van der Waals surface area contributed by atoms with Crippen molar-refractivity contribution in [3.8, 4) is 5.75 Å². The van der Waals surface area contributed by atoms with Gasteiger partial charge in [-0.3, -0.25) is 19.2 Å². The van der Waals surface area contributed by atoms with Crippen LogP contribution in [0.2, 0.25) is 0 Å². The Labute approximate surface area is 187 Å². The van der Waals surface area contributed by atoms with Crippen LogP contribution in [-0.4, -0.2) is 28.7 Å². The van der Waals surface area contributed by atoms with Gasteiger partial charge in [-0.15, -0.1) is 0 Å². The van der Waals surface area contributed by atoms with Crippen LogP contribution >= 0.6 is 0 Å². The number of hydrogen-bond donors (Lipinski definition) is 1. The predicted molar refractivity (Wildman–Crippen MR) is 121 cm³/mol.